The number of hydrogen-bond acceptors (Lipinski definition) is 2. The molecule has 1 aromatic rings. The lowest BCUT2D eigenvalue weighted by atomic mass is 10.0. The van der Waals surface area contributed by atoms with Crippen LogP contribution in [0.3, 0.4) is 0 Å². The molecule has 0 radical (unpaired) electrons. The first kappa shape index (κ1) is 11.7. The molecule has 0 spiro atoms. The molecule has 1 aromatic carbocycles. The van der Waals surface area contributed by atoms with Crippen molar-refractivity contribution in [1.82, 2.24) is 0 Å². The van der Waals surface area contributed by atoms with E-state index >= 15 is 0 Å². The number of rotatable bonds is 2. The van der Waals surface area contributed by atoms with Gasteiger partial charge in [-0.3, -0.25) is 0 Å². The van der Waals surface area contributed by atoms with E-state index in [0.717, 1.165) is 5.56 Å². The van der Waals surface area contributed by atoms with Gasteiger partial charge in [0.25, 0.3) is 0 Å². The maximum Gasteiger partial charge on any atom is 0.140 e. The Bertz CT molecular complexity index is 465. The third kappa shape index (κ3) is 3.07. The third-order valence-corrected chi connectivity index (χ3v) is 2.63. The molecule has 1 aliphatic carbocycles. The summed E-state index contributed by atoms with van der Waals surface area (Å²) in [6, 6.07) is 9.19. The summed E-state index contributed by atoms with van der Waals surface area (Å²) < 4.78 is 0. The van der Waals surface area contributed by atoms with Crippen molar-refractivity contribution in [2.45, 2.75) is 12.2 Å². The van der Waals surface area contributed by atoms with Gasteiger partial charge in [-0.2, -0.15) is 0 Å². The van der Waals surface area contributed by atoms with E-state index in [2.05, 4.69) is 11.8 Å². The Balaban J connectivity index is 2.01. The highest BCUT2D eigenvalue weighted by Crippen LogP contribution is 2.14. The molecule has 0 amide bonds. The van der Waals surface area contributed by atoms with Gasteiger partial charge < -0.3 is 10.2 Å². The van der Waals surface area contributed by atoms with Crippen LogP contribution in [0.5, 0.6) is 0 Å². The molecule has 2 N–H and O–H groups in total. The molecule has 2 atom stereocenters. The topological polar surface area (TPSA) is 40.5 Å². The Labute approximate surface area is 101 Å². The standard InChI is InChI=1S/C15H14O2/c16-14(12-6-2-1-3-7-12)10-11-15(17)13-8-4-5-9-13/h1-9,13-17H. The maximum absolute atomic E-state index is 9.79. The quantitative estimate of drug-likeness (QED) is 0.755. The van der Waals surface area contributed by atoms with Crippen LogP contribution in [0.15, 0.2) is 54.6 Å². The fourth-order valence-corrected chi connectivity index (χ4v) is 1.64. The van der Waals surface area contributed by atoms with Crippen LogP contribution in [0.1, 0.15) is 11.7 Å². The minimum atomic E-state index is -0.847. The summed E-state index contributed by atoms with van der Waals surface area (Å²) in [6.07, 6.45) is 5.91. The van der Waals surface area contributed by atoms with Crippen molar-refractivity contribution in [2.24, 2.45) is 5.92 Å². The zero-order chi connectivity index (χ0) is 12.1. The van der Waals surface area contributed by atoms with Gasteiger partial charge in [-0.15, -0.1) is 0 Å². The zero-order valence-electron chi connectivity index (χ0n) is 9.32. The van der Waals surface area contributed by atoms with Crippen LogP contribution in [0, 0.1) is 17.8 Å². The highest BCUT2D eigenvalue weighted by Gasteiger charge is 2.12. The van der Waals surface area contributed by atoms with Gasteiger partial charge in [0.1, 0.15) is 12.2 Å². The van der Waals surface area contributed by atoms with Crippen molar-refractivity contribution in [3.63, 3.8) is 0 Å². The molecule has 2 rings (SSSR count). The molecule has 0 saturated carbocycles. The summed E-state index contributed by atoms with van der Waals surface area (Å²) in [5, 5.41) is 19.5. The maximum atomic E-state index is 9.79. The molecule has 0 aromatic heterocycles. The first-order valence-electron chi connectivity index (χ1n) is 5.54. The van der Waals surface area contributed by atoms with Crippen LogP contribution in [-0.4, -0.2) is 16.3 Å². The molecule has 0 saturated heterocycles. The first-order chi connectivity index (χ1) is 8.27. The van der Waals surface area contributed by atoms with Gasteiger partial charge in [-0.1, -0.05) is 66.5 Å². The van der Waals surface area contributed by atoms with Crippen molar-refractivity contribution in [2.75, 3.05) is 0 Å². The Kier molecular flexibility index (Phi) is 3.77. The van der Waals surface area contributed by atoms with E-state index in [4.69, 9.17) is 0 Å². The minimum Gasteiger partial charge on any atom is -0.379 e. The number of aliphatic hydroxyl groups excluding tert-OH is 2. The van der Waals surface area contributed by atoms with E-state index in [0.29, 0.717) is 0 Å². The van der Waals surface area contributed by atoms with Crippen LogP contribution in [-0.2, 0) is 0 Å². The Morgan fingerprint density at radius 3 is 2.24 bits per heavy atom. The summed E-state index contributed by atoms with van der Waals surface area (Å²) in [4.78, 5) is 0. The van der Waals surface area contributed by atoms with Crippen LogP contribution < -0.4 is 0 Å². The Hall–Kier alpha value is -1.82. The van der Waals surface area contributed by atoms with E-state index < -0.39 is 12.2 Å². The predicted octanol–water partition coefficient (Wildman–Crippen LogP) is 1.83. The van der Waals surface area contributed by atoms with Gasteiger partial charge in [-0.05, 0) is 5.56 Å². The van der Waals surface area contributed by atoms with E-state index in [1.807, 2.05) is 42.5 Å². The predicted molar refractivity (Wildman–Crippen MR) is 67.0 cm³/mol. The van der Waals surface area contributed by atoms with Gasteiger partial charge in [0.15, 0.2) is 0 Å². The fraction of sp³-hybridized carbons (Fsp3) is 0.200. The molecule has 17 heavy (non-hydrogen) atoms. The van der Waals surface area contributed by atoms with Crippen molar-refractivity contribution < 1.29 is 10.2 Å². The molecule has 1 aliphatic rings. The average Bonchev–Trinajstić information content (AvgIpc) is 2.90. The molecule has 2 nitrogen and oxygen atoms in total. The lowest BCUT2D eigenvalue weighted by Gasteiger charge is -2.08. The van der Waals surface area contributed by atoms with Gasteiger partial charge in [-0.25, -0.2) is 0 Å². The number of aliphatic hydroxyl groups is 2. The van der Waals surface area contributed by atoms with Crippen LogP contribution in [0.4, 0.5) is 0 Å². The Morgan fingerprint density at radius 2 is 1.59 bits per heavy atom. The molecule has 0 heterocycles. The highest BCUT2D eigenvalue weighted by molar-refractivity contribution is 5.28. The number of benzene rings is 1. The molecule has 0 fully saturated rings. The van der Waals surface area contributed by atoms with Crippen molar-refractivity contribution in [3.05, 3.63) is 60.2 Å². The molecule has 86 valence electrons. The Morgan fingerprint density at radius 1 is 0.941 bits per heavy atom. The van der Waals surface area contributed by atoms with E-state index in [9.17, 15) is 10.2 Å². The van der Waals surface area contributed by atoms with E-state index in [1.165, 1.54) is 0 Å². The van der Waals surface area contributed by atoms with Gasteiger partial charge >= 0.3 is 0 Å². The summed E-state index contributed by atoms with van der Waals surface area (Å²) in [6.45, 7) is 0. The van der Waals surface area contributed by atoms with E-state index in [-0.39, 0.29) is 5.92 Å². The van der Waals surface area contributed by atoms with Crippen LogP contribution >= 0.6 is 0 Å². The molecule has 2 heteroatoms. The highest BCUT2D eigenvalue weighted by atomic mass is 16.3. The van der Waals surface area contributed by atoms with Crippen molar-refractivity contribution in [1.29, 1.82) is 0 Å². The molecular weight excluding hydrogens is 212 g/mol. The van der Waals surface area contributed by atoms with Crippen molar-refractivity contribution >= 4 is 0 Å². The SMILES string of the molecule is OC(C#CC(O)C1C=CC=C1)c1ccccc1. The molecular formula is C15H14O2. The lowest BCUT2D eigenvalue weighted by Crippen LogP contribution is -2.13. The van der Waals surface area contributed by atoms with Crippen molar-refractivity contribution in [3.8, 4) is 11.8 Å². The molecule has 2 unspecified atom stereocenters. The average molecular weight is 226 g/mol. The lowest BCUT2D eigenvalue weighted by molar-refractivity contribution is 0.204. The molecule has 0 bridgehead atoms. The largest absolute Gasteiger partial charge is 0.379 e. The second kappa shape index (κ2) is 5.49. The number of hydrogen-bond donors (Lipinski definition) is 2. The molecule has 0 aliphatic heterocycles. The first-order valence-corrected chi connectivity index (χ1v) is 5.54. The second-order valence-electron chi connectivity index (χ2n) is 3.89. The monoisotopic (exact) mass is 226 g/mol. The summed E-state index contributed by atoms with van der Waals surface area (Å²) in [5.74, 6) is 5.27. The minimum absolute atomic E-state index is 0.0644. The summed E-state index contributed by atoms with van der Waals surface area (Å²) in [7, 11) is 0. The van der Waals surface area contributed by atoms with Gasteiger partial charge in [0.05, 0.1) is 0 Å². The van der Waals surface area contributed by atoms with Crippen LogP contribution in [0.25, 0.3) is 0 Å². The smallest absolute Gasteiger partial charge is 0.140 e. The van der Waals surface area contributed by atoms with Crippen LogP contribution in [0.2, 0.25) is 0 Å². The summed E-state index contributed by atoms with van der Waals surface area (Å²) in [5.41, 5.74) is 0.740. The second-order valence-corrected chi connectivity index (χ2v) is 3.89. The van der Waals surface area contributed by atoms with Gasteiger partial charge in [0, 0.05) is 5.92 Å². The van der Waals surface area contributed by atoms with Gasteiger partial charge in [0.2, 0.25) is 0 Å². The van der Waals surface area contributed by atoms with E-state index in [1.54, 1.807) is 12.1 Å². The fourth-order valence-electron chi connectivity index (χ4n) is 1.64. The zero-order valence-corrected chi connectivity index (χ0v) is 9.32. The third-order valence-electron chi connectivity index (χ3n) is 2.63. The normalized spacial score (nSPS) is 17.5. The summed E-state index contributed by atoms with van der Waals surface area (Å²) >= 11 is 0. The number of allylic oxidation sites excluding steroid dienone is 2.